The van der Waals surface area contributed by atoms with E-state index in [4.69, 9.17) is 0 Å². The second-order valence-corrected chi connectivity index (χ2v) is 5.03. The average Bonchev–Trinajstić information content (AvgIpc) is 2.38. The van der Waals surface area contributed by atoms with Gasteiger partial charge in [-0.1, -0.05) is 31.4 Å². The van der Waals surface area contributed by atoms with Gasteiger partial charge in [0.05, 0.1) is 0 Å². The van der Waals surface area contributed by atoms with Gasteiger partial charge in [0.15, 0.2) is 0 Å². The number of aryl methyl sites for hydroxylation is 1. The molecule has 1 amide bonds. The van der Waals surface area contributed by atoms with Gasteiger partial charge in [-0.3, -0.25) is 4.79 Å². The van der Waals surface area contributed by atoms with Crippen LogP contribution < -0.4 is 5.32 Å². The summed E-state index contributed by atoms with van der Waals surface area (Å²) in [6, 6.07) is 6.82. The molecular formula is C15H20FNO. The number of hydrogen-bond acceptors (Lipinski definition) is 1. The van der Waals surface area contributed by atoms with E-state index in [0.717, 1.165) is 18.4 Å². The zero-order valence-electron chi connectivity index (χ0n) is 10.6. The highest BCUT2D eigenvalue weighted by atomic mass is 19.1. The molecule has 1 aromatic rings. The number of nitrogens with one attached hydrogen (secondary N) is 1. The maximum Gasteiger partial charge on any atom is 0.220 e. The number of rotatable bonds is 4. The van der Waals surface area contributed by atoms with E-state index in [-0.39, 0.29) is 11.7 Å². The summed E-state index contributed by atoms with van der Waals surface area (Å²) in [5, 5.41) is 3.07. The molecule has 0 unspecified atom stereocenters. The average molecular weight is 249 g/mol. The van der Waals surface area contributed by atoms with Crippen molar-refractivity contribution in [1.82, 2.24) is 5.32 Å². The van der Waals surface area contributed by atoms with E-state index in [9.17, 15) is 9.18 Å². The second-order valence-electron chi connectivity index (χ2n) is 5.03. The molecule has 1 aromatic carbocycles. The minimum Gasteiger partial charge on any atom is -0.353 e. The quantitative estimate of drug-likeness (QED) is 0.872. The Kier molecular flexibility index (Phi) is 4.73. The lowest BCUT2D eigenvalue weighted by atomic mass is 9.95. The van der Waals surface area contributed by atoms with Gasteiger partial charge >= 0.3 is 0 Å². The highest BCUT2D eigenvalue weighted by Gasteiger charge is 2.15. The largest absolute Gasteiger partial charge is 0.353 e. The van der Waals surface area contributed by atoms with Gasteiger partial charge in [-0.15, -0.1) is 0 Å². The first-order chi connectivity index (χ1) is 8.74. The maximum atomic E-state index is 13.0. The van der Waals surface area contributed by atoms with Crippen molar-refractivity contribution in [3.63, 3.8) is 0 Å². The van der Waals surface area contributed by atoms with Crippen LogP contribution in [0.3, 0.4) is 0 Å². The topological polar surface area (TPSA) is 29.1 Å². The molecule has 1 fully saturated rings. The molecule has 98 valence electrons. The Balaban J connectivity index is 1.74. The van der Waals surface area contributed by atoms with E-state index < -0.39 is 0 Å². The zero-order valence-corrected chi connectivity index (χ0v) is 10.6. The van der Waals surface area contributed by atoms with Gasteiger partial charge in [0.25, 0.3) is 0 Å². The Bertz CT molecular complexity index is 399. The van der Waals surface area contributed by atoms with Crippen LogP contribution in [0.4, 0.5) is 4.39 Å². The molecule has 0 heterocycles. The molecule has 0 saturated heterocycles. The molecule has 1 aliphatic carbocycles. The summed E-state index contributed by atoms with van der Waals surface area (Å²) in [4.78, 5) is 11.8. The van der Waals surface area contributed by atoms with Crippen molar-refractivity contribution < 1.29 is 9.18 Å². The molecular weight excluding hydrogens is 229 g/mol. The number of hydrogen-bond donors (Lipinski definition) is 1. The van der Waals surface area contributed by atoms with Gasteiger partial charge in [0, 0.05) is 12.5 Å². The molecule has 0 radical (unpaired) electrons. The van der Waals surface area contributed by atoms with Crippen LogP contribution >= 0.6 is 0 Å². The molecule has 0 aliphatic heterocycles. The lowest BCUT2D eigenvalue weighted by Crippen LogP contribution is -2.36. The van der Waals surface area contributed by atoms with Gasteiger partial charge < -0.3 is 5.32 Å². The Morgan fingerprint density at radius 3 is 2.78 bits per heavy atom. The van der Waals surface area contributed by atoms with E-state index in [0.29, 0.717) is 18.9 Å². The van der Waals surface area contributed by atoms with E-state index >= 15 is 0 Å². The van der Waals surface area contributed by atoms with E-state index in [1.54, 1.807) is 6.07 Å². The van der Waals surface area contributed by atoms with Crippen molar-refractivity contribution >= 4 is 5.91 Å². The standard InChI is InChI=1S/C15H20FNO/c16-13-6-4-5-12(11-13)9-10-15(18)17-14-7-2-1-3-8-14/h4-6,11,14H,1-3,7-10H2,(H,17,18). The molecule has 2 rings (SSSR count). The van der Waals surface area contributed by atoms with Crippen molar-refractivity contribution in [2.75, 3.05) is 0 Å². The van der Waals surface area contributed by atoms with Crippen LogP contribution in [-0.4, -0.2) is 11.9 Å². The molecule has 18 heavy (non-hydrogen) atoms. The van der Waals surface area contributed by atoms with Gasteiger partial charge in [-0.25, -0.2) is 4.39 Å². The first-order valence-electron chi connectivity index (χ1n) is 6.78. The molecule has 2 nitrogen and oxygen atoms in total. The summed E-state index contributed by atoms with van der Waals surface area (Å²) in [5.41, 5.74) is 0.883. The Hall–Kier alpha value is -1.38. The van der Waals surface area contributed by atoms with Crippen LogP contribution in [0.15, 0.2) is 24.3 Å². The summed E-state index contributed by atoms with van der Waals surface area (Å²) >= 11 is 0. The third kappa shape index (κ3) is 4.13. The van der Waals surface area contributed by atoms with Crippen molar-refractivity contribution in [2.45, 2.75) is 51.0 Å². The number of carbonyl (C=O) groups excluding carboxylic acids is 1. The van der Waals surface area contributed by atoms with Gasteiger partial charge in [-0.2, -0.15) is 0 Å². The highest BCUT2D eigenvalue weighted by Crippen LogP contribution is 2.17. The number of amides is 1. The lowest BCUT2D eigenvalue weighted by molar-refractivity contribution is -0.121. The van der Waals surface area contributed by atoms with Crippen LogP contribution in [0.1, 0.15) is 44.1 Å². The molecule has 0 atom stereocenters. The lowest BCUT2D eigenvalue weighted by Gasteiger charge is -2.22. The van der Waals surface area contributed by atoms with Gasteiger partial charge in [-0.05, 0) is 37.0 Å². The normalized spacial score (nSPS) is 16.5. The molecule has 0 spiro atoms. The van der Waals surface area contributed by atoms with Gasteiger partial charge in [0.2, 0.25) is 5.91 Å². The summed E-state index contributed by atoms with van der Waals surface area (Å²) in [6.07, 6.45) is 6.98. The second kappa shape index (κ2) is 6.53. The van der Waals surface area contributed by atoms with Crippen LogP contribution in [0.5, 0.6) is 0 Å². The van der Waals surface area contributed by atoms with Crippen molar-refractivity contribution in [3.05, 3.63) is 35.6 Å². The first kappa shape index (κ1) is 13.1. The predicted octanol–water partition coefficient (Wildman–Crippen LogP) is 3.21. The van der Waals surface area contributed by atoms with E-state index in [1.165, 1.54) is 31.4 Å². The minimum atomic E-state index is -0.236. The molecule has 1 aliphatic rings. The number of benzene rings is 1. The first-order valence-corrected chi connectivity index (χ1v) is 6.78. The van der Waals surface area contributed by atoms with E-state index in [1.807, 2.05) is 6.07 Å². The van der Waals surface area contributed by atoms with E-state index in [2.05, 4.69) is 5.32 Å². The minimum absolute atomic E-state index is 0.0890. The molecule has 3 heteroatoms. The Morgan fingerprint density at radius 2 is 2.06 bits per heavy atom. The fourth-order valence-electron chi connectivity index (χ4n) is 2.50. The van der Waals surface area contributed by atoms with Crippen LogP contribution in [0, 0.1) is 5.82 Å². The molecule has 1 saturated carbocycles. The summed E-state index contributed by atoms with van der Waals surface area (Å²) in [7, 11) is 0. The van der Waals surface area contributed by atoms with Crippen molar-refractivity contribution in [1.29, 1.82) is 0 Å². The molecule has 0 bridgehead atoms. The maximum absolute atomic E-state index is 13.0. The van der Waals surface area contributed by atoms with Crippen LogP contribution in [0.2, 0.25) is 0 Å². The third-order valence-electron chi connectivity index (χ3n) is 3.50. The summed E-state index contributed by atoms with van der Waals surface area (Å²) in [5.74, 6) is -0.147. The predicted molar refractivity (Wildman–Crippen MR) is 69.7 cm³/mol. The molecule has 1 N–H and O–H groups in total. The SMILES string of the molecule is O=C(CCc1cccc(F)c1)NC1CCCCC1. The smallest absolute Gasteiger partial charge is 0.220 e. The van der Waals surface area contributed by atoms with Crippen molar-refractivity contribution in [2.24, 2.45) is 0 Å². The monoisotopic (exact) mass is 249 g/mol. The molecule has 0 aromatic heterocycles. The summed E-state index contributed by atoms with van der Waals surface area (Å²) < 4.78 is 13.0. The van der Waals surface area contributed by atoms with Gasteiger partial charge in [0.1, 0.15) is 5.82 Å². The van der Waals surface area contributed by atoms with Crippen LogP contribution in [0.25, 0.3) is 0 Å². The fourth-order valence-corrected chi connectivity index (χ4v) is 2.50. The highest BCUT2D eigenvalue weighted by molar-refractivity contribution is 5.76. The summed E-state index contributed by atoms with van der Waals surface area (Å²) in [6.45, 7) is 0. The number of halogens is 1. The zero-order chi connectivity index (χ0) is 12.8. The Morgan fingerprint density at radius 1 is 1.28 bits per heavy atom. The van der Waals surface area contributed by atoms with Crippen LogP contribution in [-0.2, 0) is 11.2 Å². The fraction of sp³-hybridized carbons (Fsp3) is 0.533. The van der Waals surface area contributed by atoms with Crippen molar-refractivity contribution in [3.8, 4) is 0 Å². The number of carbonyl (C=O) groups is 1. The Labute approximate surface area is 108 Å². The third-order valence-corrected chi connectivity index (χ3v) is 3.50.